The first kappa shape index (κ1) is 10.9. The molecule has 3 N–H and O–H groups in total. The summed E-state index contributed by atoms with van der Waals surface area (Å²) in [6.45, 7) is 0. The Hall–Kier alpha value is -1.59. The zero-order valence-electron chi connectivity index (χ0n) is 8.47. The van der Waals surface area contributed by atoms with E-state index in [9.17, 15) is 14.4 Å². The summed E-state index contributed by atoms with van der Waals surface area (Å²) in [5.41, 5.74) is -2.94. The highest BCUT2D eigenvalue weighted by molar-refractivity contribution is 6.05. The van der Waals surface area contributed by atoms with Gasteiger partial charge in [-0.3, -0.25) is 14.4 Å². The van der Waals surface area contributed by atoms with Crippen molar-refractivity contribution in [2.75, 3.05) is 0 Å². The largest absolute Gasteiger partial charge is 0.481 e. The minimum atomic E-state index is -2.11. The zero-order chi connectivity index (χ0) is 12.1. The van der Waals surface area contributed by atoms with Gasteiger partial charge in [-0.15, -0.1) is 0 Å². The molecule has 2 rings (SSSR count). The number of carbonyl (C=O) groups is 3. The average molecular weight is 228 g/mol. The molecule has 0 aromatic carbocycles. The Labute approximate surface area is 90.9 Å². The van der Waals surface area contributed by atoms with Crippen molar-refractivity contribution in [2.24, 2.45) is 16.7 Å². The Bertz CT molecular complexity index is 367. The van der Waals surface area contributed by atoms with Gasteiger partial charge in [-0.1, -0.05) is 6.42 Å². The molecular formula is C10H12O6. The summed E-state index contributed by atoms with van der Waals surface area (Å²) in [6, 6.07) is 0. The van der Waals surface area contributed by atoms with Crippen LogP contribution in [0.25, 0.3) is 0 Å². The van der Waals surface area contributed by atoms with Crippen LogP contribution in [0.3, 0.4) is 0 Å². The van der Waals surface area contributed by atoms with Crippen molar-refractivity contribution in [3.05, 3.63) is 0 Å². The molecule has 0 aliphatic heterocycles. The molecule has 2 saturated carbocycles. The minimum absolute atomic E-state index is 0.168. The molecule has 0 radical (unpaired) electrons. The lowest BCUT2D eigenvalue weighted by atomic mass is 9.37. The van der Waals surface area contributed by atoms with Gasteiger partial charge in [0.05, 0.1) is 5.92 Å². The van der Waals surface area contributed by atoms with Crippen molar-refractivity contribution in [3.63, 3.8) is 0 Å². The Kier molecular flexibility index (Phi) is 2.02. The highest BCUT2D eigenvalue weighted by atomic mass is 16.4. The summed E-state index contributed by atoms with van der Waals surface area (Å²) >= 11 is 0. The van der Waals surface area contributed by atoms with E-state index in [0.717, 1.165) is 6.42 Å². The van der Waals surface area contributed by atoms with Crippen LogP contribution in [0.15, 0.2) is 0 Å². The molecule has 88 valence electrons. The molecule has 16 heavy (non-hydrogen) atoms. The van der Waals surface area contributed by atoms with E-state index in [4.69, 9.17) is 15.3 Å². The smallest absolute Gasteiger partial charge is 0.322 e. The summed E-state index contributed by atoms with van der Waals surface area (Å²) < 4.78 is 0. The lowest BCUT2D eigenvalue weighted by Gasteiger charge is -2.62. The number of aliphatic carboxylic acids is 3. The first-order valence-corrected chi connectivity index (χ1v) is 5.08. The van der Waals surface area contributed by atoms with Gasteiger partial charge in [0, 0.05) is 0 Å². The maximum absolute atomic E-state index is 11.2. The Balaban J connectivity index is 2.47. The van der Waals surface area contributed by atoms with Gasteiger partial charge in [-0.2, -0.15) is 0 Å². The van der Waals surface area contributed by atoms with Gasteiger partial charge in [-0.25, -0.2) is 0 Å². The third kappa shape index (κ3) is 0.898. The molecule has 0 saturated heterocycles. The highest BCUT2D eigenvalue weighted by Gasteiger charge is 2.78. The molecule has 2 aliphatic rings. The Morgan fingerprint density at radius 1 is 1.00 bits per heavy atom. The van der Waals surface area contributed by atoms with Crippen molar-refractivity contribution in [1.82, 2.24) is 0 Å². The summed E-state index contributed by atoms with van der Waals surface area (Å²) in [4.78, 5) is 33.4. The zero-order valence-corrected chi connectivity index (χ0v) is 8.47. The first-order chi connectivity index (χ1) is 7.38. The quantitative estimate of drug-likeness (QED) is 0.603. The van der Waals surface area contributed by atoms with Crippen molar-refractivity contribution < 1.29 is 29.7 Å². The maximum Gasteiger partial charge on any atom is 0.322 e. The topological polar surface area (TPSA) is 112 Å². The van der Waals surface area contributed by atoms with Gasteiger partial charge < -0.3 is 15.3 Å². The fraction of sp³-hybridized carbons (Fsp3) is 0.700. The van der Waals surface area contributed by atoms with E-state index >= 15 is 0 Å². The lowest BCUT2D eigenvalue weighted by Crippen LogP contribution is -2.70. The van der Waals surface area contributed by atoms with Crippen LogP contribution in [0.4, 0.5) is 0 Å². The molecule has 6 nitrogen and oxygen atoms in total. The van der Waals surface area contributed by atoms with E-state index < -0.39 is 34.7 Å². The van der Waals surface area contributed by atoms with Crippen molar-refractivity contribution in [3.8, 4) is 0 Å². The maximum atomic E-state index is 11.2. The van der Waals surface area contributed by atoms with E-state index in [0.29, 0.717) is 12.8 Å². The molecule has 1 spiro atoms. The second-order valence-electron chi connectivity index (χ2n) is 4.65. The van der Waals surface area contributed by atoms with E-state index in [1.165, 1.54) is 0 Å². The number of rotatable bonds is 3. The van der Waals surface area contributed by atoms with Gasteiger partial charge in [0.25, 0.3) is 0 Å². The third-order valence-electron chi connectivity index (χ3n) is 4.24. The van der Waals surface area contributed by atoms with E-state index in [1.807, 2.05) is 0 Å². The van der Waals surface area contributed by atoms with Crippen LogP contribution in [0.1, 0.15) is 25.7 Å². The minimum Gasteiger partial charge on any atom is -0.481 e. The Morgan fingerprint density at radius 2 is 1.50 bits per heavy atom. The van der Waals surface area contributed by atoms with Crippen molar-refractivity contribution in [1.29, 1.82) is 0 Å². The summed E-state index contributed by atoms with van der Waals surface area (Å²) in [7, 11) is 0. The predicted molar refractivity (Wildman–Crippen MR) is 49.7 cm³/mol. The Morgan fingerprint density at radius 3 is 1.75 bits per heavy atom. The van der Waals surface area contributed by atoms with Crippen LogP contribution in [0.5, 0.6) is 0 Å². The number of carboxylic acids is 3. The fourth-order valence-corrected chi connectivity index (χ4v) is 3.26. The second-order valence-corrected chi connectivity index (χ2v) is 4.65. The lowest BCUT2D eigenvalue weighted by molar-refractivity contribution is -0.230. The molecule has 2 fully saturated rings. The monoisotopic (exact) mass is 228 g/mol. The molecule has 0 aromatic rings. The van der Waals surface area contributed by atoms with Crippen LogP contribution < -0.4 is 0 Å². The molecule has 1 atom stereocenters. The fourth-order valence-electron chi connectivity index (χ4n) is 3.26. The van der Waals surface area contributed by atoms with Crippen molar-refractivity contribution in [2.45, 2.75) is 25.7 Å². The summed E-state index contributed by atoms with van der Waals surface area (Å²) in [5, 5.41) is 27.2. The van der Waals surface area contributed by atoms with Gasteiger partial charge in [-0.05, 0) is 24.7 Å². The van der Waals surface area contributed by atoms with Crippen molar-refractivity contribution >= 4 is 17.9 Å². The van der Waals surface area contributed by atoms with Crippen LogP contribution in [0, 0.1) is 16.7 Å². The van der Waals surface area contributed by atoms with E-state index in [2.05, 4.69) is 0 Å². The number of carboxylic acid groups (broad SMARTS) is 3. The van der Waals surface area contributed by atoms with Crippen LogP contribution >= 0.6 is 0 Å². The van der Waals surface area contributed by atoms with Gasteiger partial charge in [0.15, 0.2) is 5.41 Å². The summed E-state index contributed by atoms with van der Waals surface area (Å²) in [5.74, 6) is -5.66. The highest BCUT2D eigenvalue weighted by Crippen LogP contribution is 2.70. The second kappa shape index (κ2) is 2.96. The summed E-state index contributed by atoms with van der Waals surface area (Å²) in [6.07, 6.45) is 1.93. The third-order valence-corrected chi connectivity index (χ3v) is 4.24. The average Bonchev–Trinajstić information content (AvgIpc) is 1.96. The van der Waals surface area contributed by atoms with Crippen LogP contribution in [-0.2, 0) is 14.4 Å². The number of hydrogen-bond acceptors (Lipinski definition) is 3. The molecule has 0 aromatic heterocycles. The normalized spacial score (nSPS) is 28.9. The molecule has 1 unspecified atom stereocenters. The van der Waals surface area contributed by atoms with Crippen LogP contribution in [0.2, 0.25) is 0 Å². The first-order valence-electron chi connectivity index (χ1n) is 5.08. The molecule has 0 bridgehead atoms. The molecule has 6 heteroatoms. The van der Waals surface area contributed by atoms with Gasteiger partial charge in [0.1, 0.15) is 0 Å². The van der Waals surface area contributed by atoms with E-state index in [1.54, 1.807) is 0 Å². The standard InChI is InChI=1S/C10H12O6/c11-6(12)5-4-9(2-1-3-9)10(5,7(13)14)8(15)16/h5H,1-4H2,(H,11,12)(H,13,14)(H,15,16). The molecule has 2 aliphatic carbocycles. The molecule has 0 amide bonds. The predicted octanol–water partition coefficient (Wildman–Crippen LogP) is 0.417. The molecular weight excluding hydrogens is 216 g/mol. The van der Waals surface area contributed by atoms with Gasteiger partial charge in [0.2, 0.25) is 0 Å². The number of hydrogen-bond donors (Lipinski definition) is 3. The van der Waals surface area contributed by atoms with Crippen LogP contribution in [-0.4, -0.2) is 33.2 Å². The SMILES string of the molecule is O=C(O)C1CC2(CCC2)C1(C(=O)O)C(=O)O. The van der Waals surface area contributed by atoms with Gasteiger partial charge >= 0.3 is 17.9 Å². The van der Waals surface area contributed by atoms with E-state index in [-0.39, 0.29) is 6.42 Å². The molecule has 0 heterocycles.